The Bertz CT molecular complexity index is 749. The molecule has 0 aliphatic heterocycles. The van der Waals surface area contributed by atoms with Gasteiger partial charge in [-0.25, -0.2) is 0 Å². The van der Waals surface area contributed by atoms with Gasteiger partial charge in [0.25, 0.3) is 0 Å². The number of hydrogen-bond acceptors (Lipinski definition) is 5. The number of amides is 2. The zero-order chi connectivity index (χ0) is 18.8. The Morgan fingerprint density at radius 1 is 0.923 bits per heavy atom. The molecule has 0 saturated heterocycles. The van der Waals surface area contributed by atoms with Crippen LogP contribution in [-0.4, -0.2) is 38.7 Å². The molecule has 26 heavy (non-hydrogen) atoms. The fraction of sp³-hybridized carbons (Fsp3) is 0.263. The maximum atomic E-state index is 12.1. The zero-order valence-corrected chi connectivity index (χ0v) is 14.9. The van der Waals surface area contributed by atoms with E-state index in [2.05, 4.69) is 16.0 Å². The van der Waals surface area contributed by atoms with Gasteiger partial charge in [-0.3, -0.25) is 9.59 Å². The Labute approximate surface area is 152 Å². The van der Waals surface area contributed by atoms with Crippen LogP contribution in [0.5, 0.6) is 5.75 Å². The van der Waals surface area contributed by atoms with E-state index in [1.54, 1.807) is 31.4 Å². The molecule has 0 unspecified atom stereocenters. The molecule has 138 valence electrons. The number of hydrogen-bond donors (Lipinski definition) is 3. The van der Waals surface area contributed by atoms with Gasteiger partial charge in [0, 0.05) is 37.2 Å². The van der Waals surface area contributed by atoms with Crippen molar-refractivity contribution in [3.05, 3.63) is 48.5 Å². The average molecular weight is 357 g/mol. The van der Waals surface area contributed by atoms with E-state index >= 15 is 0 Å². The lowest BCUT2D eigenvalue weighted by molar-refractivity contribution is -0.115. The number of anilines is 3. The lowest BCUT2D eigenvalue weighted by atomic mass is 10.2. The SMILES string of the molecule is COCCOc1cccc(NCC(=O)Nc2cccc(NC(C)=O)c2)c1. The summed E-state index contributed by atoms with van der Waals surface area (Å²) in [6.45, 7) is 2.51. The topological polar surface area (TPSA) is 88.7 Å². The van der Waals surface area contributed by atoms with Crippen molar-refractivity contribution >= 4 is 28.9 Å². The summed E-state index contributed by atoms with van der Waals surface area (Å²) in [5, 5.41) is 8.51. The molecule has 0 aromatic heterocycles. The van der Waals surface area contributed by atoms with E-state index in [0.29, 0.717) is 30.3 Å². The molecule has 7 heteroatoms. The van der Waals surface area contributed by atoms with E-state index in [-0.39, 0.29) is 18.4 Å². The predicted octanol–water partition coefficient (Wildman–Crippen LogP) is 2.72. The molecule has 2 rings (SSSR count). The molecule has 0 spiro atoms. The number of rotatable bonds is 9. The van der Waals surface area contributed by atoms with Gasteiger partial charge in [-0.2, -0.15) is 0 Å². The number of methoxy groups -OCH3 is 1. The molecule has 2 aromatic rings. The number of ether oxygens (including phenoxy) is 2. The molecule has 2 amide bonds. The van der Waals surface area contributed by atoms with Gasteiger partial charge < -0.3 is 25.4 Å². The van der Waals surface area contributed by atoms with Crippen LogP contribution in [0.3, 0.4) is 0 Å². The van der Waals surface area contributed by atoms with E-state index in [4.69, 9.17) is 9.47 Å². The molecule has 0 bridgehead atoms. The molecular weight excluding hydrogens is 334 g/mol. The second-order valence-corrected chi connectivity index (χ2v) is 5.53. The summed E-state index contributed by atoms with van der Waals surface area (Å²) in [7, 11) is 1.62. The van der Waals surface area contributed by atoms with Crippen LogP contribution < -0.4 is 20.7 Å². The van der Waals surface area contributed by atoms with E-state index < -0.39 is 0 Å². The molecule has 0 fully saturated rings. The van der Waals surface area contributed by atoms with Gasteiger partial charge >= 0.3 is 0 Å². The van der Waals surface area contributed by atoms with Gasteiger partial charge in [0.15, 0.2) is 0 Å². The number of nitrogens with one attached hydrogen (secondary N) is 3. The summed E-state index contributed by atoms with van der Waals surface area (Å²) in [6, 6.07) is 14.3. The highest BCUT2D eigenvalue weighted by molar-refractivity contribution is 5.95. The van der Waals surface area contributed by atoms with E-state index in [1.807, 2.05) is 24.3 Å². The molecule has 0 saturated carbocycles. The van der Waals surface area contributed by atoms with Crippen molar-refractivity contribution in [2.24, 2.45) is 0 Å². The molecule has 7 nitrogen and oxygen atoms in total. The summed E-state index contributed by atoms with van der Waals surface area (Å²) >= 11 is 0. The largest absolute Gasteiger partial charge is 0.491 e. The van der Waals surface area contributed by atoms with Crippen LogP contribution >= 0.6 is 0 Å². The summed E-state index contributed by atoms with van der Waals surface area (Å²) in [6.07, 6.45) is 0. The quantitative estimate of drug-likeness (QED) is 0.601. The van der Waals surface area contributed by atoms with Gasteiger partial charge in [-0.1, -0.05) is 12.1 Å². The smallest absolute Gasteiger partial charge is 0.243 e. The fourth-order valence-corrected chi connectivity index (χ4v) is 2.20. The molecule has 3 N–H and O–H groups in total. The molecule has 2 aromatic carbocycles. The van der Waals surface area contributed by atoms with Crippen LogP contribution in [-0.2, 0) is 14.3 Å². The Hall–Kier alpha value is -3.06. The zero-order valence-electron chi connectivity index (χ0n) is 14.9. The van der Waals surface area contributed by atoms with Crippen molar-refractivity contribution in [1.82, 2.24) is 0 Å². The van der Waals surface area contributed by atoms with Crippen LogP contribution in [0.25, 0.3) is 0 Å². The van der Waals surface area contributed by atoms with Crippen LogP contribution in [0.15, 0.2) is 48.5 Å². The van der Waals surface area contributed by atoms with Gasteiger partial charge in [0.05, 0.1) is 13.2 Å². The number of carbonyl (C=O) groups is 2. The van der Waals surface area contributed by atoms with Gasteiger partial charge in [0.1, 0.15) is 12.4 Å². The van der Waals surface area contributed by atoms with E-state index in [1.165, 1.54) is 6.92 Å². The highest BCUT2D eigenvalue weighted by Crippen LogP contribution is 2.18. The normalized spacial score (nSPS) is 10.1. The summed E-state index contributed by atoms with van der Waals surface area (Å²) < 4.78 is 10.5. The van der Waals surface area contributed by atoms with Crippen LogP contribution in [0.4, 0.5) is 17.1 Å². The van der Waals surface area contributed by atoms with Crippen molar-refractivity contribution in [1.29, 1.82) is 0 Å². The lowest BCUT2D eigenvalue weighted by Gasteiger charge is -2.11. The second-order valence-electron chi connectivity index (χ2n) is 5.53. The van der Waals surface area contributed by atoms with E-state index in [0.717, 1.165) is 5.69 Å². The fourth-order valence-electron chi connectivity index (χ4n) is 2.20. The first-order valence-electron chi connectivity index (χ1n) is 8.20. The molecule has 0 heterocycles. The molecule has 0 aliphatic carbocycles. The van der Waals surface area contributed by atoms with Crippen molar-refractivity contribution in [2.75, 3.05) is 42.8 Å². The third-order valence-electron chi connectivity index (χ3n) is 3.31. The summed E-state index contributed by atoms with van der Waals surface area (Å²) in [5.74, 6) is 0.342. The average Bonchev–Trinajstić information content (AvgIpc) is 2.60. The van der Waals surface area contributed by atoms with Crippen molar-refractivity contribution < 1.29 is 19.1 Å². The van der Waals surface area contributed by atoms with Crippen molar-refractivity contribution in [3.8, 4) is 5.75 Å². The van der Waals surface area contributed by atoms with E-state index in [9.17, 15) is 9.59 Å². The maximum absolute atomic E-state index is 12.1. The maximum Gasteiger partial charge on any atom is 0.243 e. The molecular formula is C19H23N3O4. The standard InChI is InChI=1S/C19H23N3O4/c1-14(23)21-16-6-3-7-17(11-16)22-19(24)13-20-15-5-4-8-18(12-15)26-10-9-25-2/h3-8,11-12,20H,9-10,13H2,1-2H3,(H,21,23)(H,22,24). The molecule has 0 radical (unpaired) electrons. The molecule has 0 atom stereocenters. The first kappa shape index (κ1) is 19.3. The minimum atomic E-state index is -0.198. The minimum absolute atomic E-state index is 0.103. The van der Waals surface area contributed by atoms with Gasteiger partial charge in [-0.05, 0) is 30.3 Å². The Morgan fingerprint density at radius 3 is 2.35 bits per heavy atom. The lowest BCUT2D eigenvalue weighted by Crippen LogP contribution is -2.21. The summed E-state index contributed by atoms with van der Waals surface area (Å²) in [4.78, 5) is 23.2. The summed E-state index contributed by atoms with van der Waals surface area (Å²) in [5.41, 5.74) is 2.02. The first-order valence-corrected chi connectivity index (χ1v) is 8.20. The Kier molecular flexibility index (Phi) is 7.45. The number of carbonyl (C=O) groups excluding carboxylic acids is 2. The highest BCUT2D eigenvalue weighted by atomic mass is 16.5. The number of benzene rings is 2. The van der Waals surface area contributed by atoms with Crippen LogP contribution in [0, 0.1) is 0 Å². The Morgan fingerprint density at radius 2 is 1.62 bits per heavy atom. The van der Waals surface area contributed by atoms with Crippen molar-refractivity contribution in [3.63, 3.8) is 0 Å². The first-order chi connectivity index (χ1) is 12.6. The van der Waals surface area contributed by atoms with Gasteiger partial charge in [0.2, 0.25) is 11.8 Å². The minimum Gasteiger partial charge on any atom is -0.491 e. The van der Waals surface area contributed by atoms with Crippen LogP contribution in [0.1, 0.15) is 6.92 Å². The predicted molar refractivity (Wildman–Crippen MR) is 102 cm³/mol. The monoisotopic (exact) mass is 357 g/mol. The third kappa shape index (κ3) is 6.82. The third-order valence-corrected chi connectivity index (χ3v) is 3.31. The Balaban J connectivity index is 1.85. The molecule has 0 aliphatic rings. The highest BCUT2D eigenvalue weighted by Gasteiger charge is 2.04. The second kappa shape index (κ2) is 10.0. The van der Waals surface area contributed by atoms with Crippen molar-refractivity contribution in [2.45, 2.75) is 6.92 Å². The van der Waals surface area contributed by atoms with Crippen LogP contribution in [0.2, 0.25) is 0 Å². The van der Waals surface area contributed by atoms with Gasteiger partial charge in [-0.15, -0.1) is 0 Å².